The van der Waals surface area contributed by atoms with Gasteiger partial charge in [0.1, 0.15) is 5.75 Å². The lowest BCUT2D eigenvalue weighted by Crippen LogP contribution is -2.45. The van der Waals surface area contributed by atoms with Gasteiger partial charge in [0.05, 0.1) is 0 Å². The van der Waals surface area contributed by atoms with Crippen LogP contribution in [0.25, 0.3) is 0 Å². The molecule has 1 fully saturated rings. The van der Waals surface area contributed by atoms with Crippen LogP contribution in [0.3, 0.4) is 0 Å². The van der Waals surface area contributed by atoms with Crippen molar-refractivity contribution < 1.29 is 9.53 Å². The van der Waals surface area contributed by atoms with Crippen LogP contribution in [-0.2, 0) is 4.79 Å². The van der Waals surface area contributed by atoms with Crippen molar-refractivity contribution in [2.75, 3.05) is 26.2 Å². The summed E-state index contributed by atoms with van der Waals surface area (Å²) in [4.78, 5) is 13.6. The molecular formula is C18H30Cl2N2O2. The van der Waals surface area contributed by atoms with E-state index in [9.17, 15) is 4.79 Å². The average Bonchev–Trinajstić information content (AvgIpc) is 2.49. The molecule has 1 atom stereocenters. The van der Waals surface area contributed by atoms with E-state index in [1.807, 2.05) is 12.1 Å². The van der Waals surface area contributed by atoms with E-state index < -0.39 is 0 Å². The zero-order valence-electron chi connectivity index (χ0n) is 14.8. The number of ether oxygens (including phenoxy) is 1. The minimum Gasteiger partial charge on any atom is -0.427 e. The number of benzene rings is 1. The third-order valence-corrected chi connectivity index (χ3v) is 4.14. The van der Waals surface area contributed by atoms with Crippen LogP contribution in [0.1, 0.15) is 45.2 Å². The first-order valence-corrected chi connectivity index (χ1v) is 8.29. The van der Waals surface area contributed by atoms with Gasteiger partial charge in [-0.2, -0.15) is 0 Å². The maximum atomic E-state index is 11.0. The van der Waals surface area contributed by atoms with Gasteiger partial charge in [-0.25, -0.2) is 0 Å². The maximum absolute atomic E-state index is 11.0. The van der Waals surface area contributed by atoms with Gasteiger partial charge in [0.15, 0.2) is 0 Å². The fourth-order valence-electron chi connectivity index (χ4n) is 2.97. The third-order valence-electron chi connectivity index (χ3n) is 4.14. The number of nitrogens with one attached hydrogen (secondary N) is 1. The number of halogens is 2. The van der Waals surface area contributed by atoms with E-state index in [1.165, 1.54) is 25.3 Å². The SMILES string of the molecule is CC(=O)Oc1ccc([C@@H](CCC(C)C)N2CCNCC2)cc1.Cl.Cl. The van der Waals surface area contributed by atoms with Gasteiger partial charge in [-0.05, 0) is 36.5 Å². The lowest BCUT2D eigenvalue weighted by atomic mass is 9.95. The van der Waals surface area contributed by atoms with E-state index in [0.717, 1.165) is 26.2 Å². The monoisotopic (exact) mass is 376 g/mol. The topological polar surface area (TPSA) is 41.6 Å². The average molecular weight is 377 g/mol. The summed E-state index contributed by atoms with van der Waals surface area (Å²) in [6.45, 7) is 10.3. The second kappa shape index (κ2) is 11.7. The Morgan fingerprint density at radius 1 is 1.12 bits per heavy atom. The molecule has 24 heavy (non-hydrogen) atoms. The van der Waals surface area contributed by atoms with Gasteiger partial charge in [0.25, 0.3) is 0 Å². The van der Waals surface area contributed by atoms with Crippen molar-refractivity contribution in [3.05, 3.63) is 29.8 Å². The van der Waals surface area contributed by atoms with Gasteiger partial charge >= 0.3 is 5.97 Å². The van der Waals surface area contributed by atoms with E-state index in [1.54, 1.807) is 0 Å². The molecule has 138 valence electrons. The molecule has 4 nitrogen and oxygen atoms in total. The highest BCUT2D eigenvalue weighted by Crippen LogP contribution is 2.29. The predicted molar refractivity (Wildman–Crippen MR) is 104 cm³/mol. The van der Waals surface area contributed by atoms with E-state index in [2.05, 4.69) is 36.2 Å². The van der Waals surface area contributed by atoms with Gasteiger partial charge in [0.2, 0.25) is 0 Å². The summed E-state index contributed by atoms with van der Waals surface area (Å²) >= 11 is 0. The first-order valence-electron chi connectivity index (χ1n) is 8.29. The molecule has 1 aliphatic rings. The number of carbonyl (C=O) groups is 1. The van der Waals surface area contributed by atoms with Crippen LogP contribution < -0.4 is 10.1 Å². The highest BCUT2D eigenvalue weighted by molar-refractivity contribution is 5.85. The van der Waals surface area contributed by atoms with Crippen molar-refractivity contribution >= 4 is 30.8 Å². The minimum absolute atomic E-state index is 0. The van der Waals surface area contributed by atoms with Crippen molar-refractivity contribution in [2.45, 2.75) is 39.7 Å². The molecule has 1 heterocycles. The Bertz CT molecular complexity index is 474. The molecular weight excluding hydrogens is 347 g/mol. The van der Waals surface area contributed by atoms with Crippen molar-refractivity contribution in [1.82, 2.24) is 10.2 Å². The molecule has 1 aliphatic heterocycles. The summed E-state index contributed by atoms with van der Waals surface area (Å²) in [7, 11) is 0. The predicted octanol–water partition coefficient (Wildman–Crippen LogP) is 3.84. The smallest absolute Gasteiger partial charge is 0.308 e. The Hall–Kier alpha value is -0.810. The minimum atomic E-state index is -0.272. The molecule has 1 aromatic carbocycles. The van der Waals surface area contributed by atoms with Crippen LogP contribution in [0.5, 0.6) is 5.75 Å². The van der Waals surface area contributed by atoms with Crippen molar-refractivity contribution in [3.63, 3.8) is 0 Å². The van der Waals surface area contributed by atoms with E-state index in [4.69, 9.17) is 4.74 Å². The van der Waals surface area contributed by atoms with E-state index in [-0.39, 0.29) is 30.8 Å². The summed E-state index contributed by atoms with van der Waals surface area (Å²) in [5, 5.41) is 3.42. The van der Waals surface area contributed by atoms with Crippen molar-refractivity contribution in [2.24, 2.45) is 5.92 Å². The lowest BCUT2D eigenvalue weighted by molar-refractivity contribution is -0.131. The zero-order chi connectivity index (χ0) is 15.9. The summed E-state index contributed by atoms with van der Waals surface area (Å²) in [6.07, 6.45) is 2.39. The number of carbonyl (C=O) groups excluding carboxylic acids is 1. The summed E-state index contributed by atoms with van der Waals surface area (Å²) in [5.74, 6) is 1.07. The lowest BCUT2D eigenvalue weighted by Gasteiger charge is -2.35. The van der Waals surface area contributed by atoms with Crippen LogP contribution >= 0.6 is 24.8 Å². The molecule has 0 spiro atoms. The first-order chi connectivity index (χ1) is 10.6. The standard InChI is InChI=1S/C18H28N2O2.2ClH/c1-14(2)4-9-18(20-12-10-19-11-13-20)16-5-7-17(8-6-16)22-15(3)21;;/h5-8,14,18-19H,4,9-13H2,1-3H3;2*1H/t18-;;/m1../s1. The molecule has 0 unspecified atom stereocenters. The molecule has 6 heteroatoms. The van der Waals surface area contributed by atoms with Gasteiger partial charge in [-0.1, -0.05) is 26.0 Å². The van der Waals surface area contributed by atoms with Crippen LogP contribution in [0.2, 0.25) is 0 Å². The summed E-state index contributed by atoms with van der Waals surface area (Å²) in [5.41, 5.74) is 1.32. The summed E-state index contributed by atoms with van der Waals surface area (Å²) < 4.78 is 5.13. The number of hydrogen-bond donors (Lipinski definition) is 1. The number of esters is 1. The van der Waals surface area contributed by atoms with Crippen LogP contribution in [-0.4, -0.2) is 37.0 Å². The first kappa shape index (κ1) is 23.2. The van der Waals surface area contributed by atoms with Crippen molar-refractivity contribution in [1.29, 1.82) is 0 Å². The number of hydrogen-bond acceptors (Lipinski definition) is 4. The zero-order valence-corrected chi connectivity index (χ0v) is 16.4. The van der Waals surface area contributed by atoms with Gasteiger partial charge in [-0.15, -0.1) is 24.8 Å². The van der Waals surface area contributed by atoms with Gasteiger partial charge in [-0.3, -0.25) is 9.69 Å². The van der Waals surface area contributed by atoms with Crippen LogP contribution in [0, 0.1) is 5.92 Å². The van der Waals surface area contributed by atoms with Crippen molar-refractivity contribution in [3.8, 4) is 5.75 Å². The molecule has 1 N–H and O–H groups in total. The molecule has 0 radical (unpaired) electrons. The molecule has 2 rings (SSSR count). The summed E-state index contributed by atoms with van der Waals surface area (Å²) in [6, 6.07) is 8.47. The second-order valence-corrected chi connectivity index (χ2v) is 6.44. The van der Waals surface area contributed by atoms with Gasteiger partial charge < -0.3 is 10.1 Å². The highest BCUT2D eigenvalue weighted by atomic mass is 35.5. The van der Waals surface area contributed by atoms with E-state index in [0.29, 0.717) is 17.7 Å². The quantitative estimate of drug-likeness (QED) is 0.604. The Morgan fingerprint density at radius 2 is 1.71 bits per heavy atom. The number of piperazine rings is 1. The Balaban J connectivity index is 0.00000264. The second-order valence-electron chi connectivity index (χ2n) is 6.44. The highest BCUT2D eigenvalue weighted by Gasteiger charge is 2.22. The third kappa shape index (κ3) is 7.39. The molecule has 0 saturated carbocycles. The van der Waals surface area contributed by atoms with E-state index >= 15 is 0 Å². The maximum Gasteiger partial charge on any atom is 0.308 e. The molecule has 0 bridgehead atoms. The van der Waals surface area contributed by atoms with Crippen LogP contribution in [0.4, 0.5) is 0 Å². The van der Waals surface area contributed by atoms with Crippen LogP contribution in [0.15, 0.2) is 24.3 Å². The molecule has 0 aliphatic carbocycles. The van der Waals surface area contributed by atoms with Gasteiger partial charge in [0, 0.05) is 39.1 Å². The fourth-order valence-corrected chi connectivity index (χ4v) is 2.97. The normalized spacial score (nSPS) is 16.0. The Morgan fingerprint density at radius 3 is 2.21 bits per heavy atom. The number of rotatable bonds is 6. The number of nitrogens with zero attached hydrogens (tertiary/aromatic N) is 1. The largest absolute Gasteiger partial charge is 0.427 e. The molecule has 0 aromatic heterocycles. The molecule has 1 aromatic rings. The fraction of sp³-hybridized carbons (Fsp3) is 0.611. The molecule has 0 amide bonds. The Kier molecular flexibility index (Phi) is 11.3. The Labute approximate surface area is 158 Å². The molecule has 1 saturated heterocycles.